The minimum Gasteiger partial charge on any atom is -0.481 e. The van der Waals surface area contributed by atoms with E-state index in [9.17, 15) is 4.79 Å². The SMILES string of the molecule is CC(C)C(CC(=O)O)c1ccc(C#N)nc1. The van der Waals surface area contributed by atoms with Crippen molar-refractivity contribution in [3.63, 3.8) is 0 Å². The van der Waals surface area contributed by atoms with E-state index in [1.54, 1.807) is 18.3 Å². The summed E-state index contributed by atoms with van der Waals surface area (Å²) in [6.45, 7) is 3.96. The number of hydrogen-bond acceptors (Lipinski definition) is 3. The van der Waals surface area contributed by atoms with Gasteiger partial charge in [0.25, 0.3) is 0 Å². The predicted octanol–water partition coefficient (Wildman–Crippen LogP) is 2.17. The van der Waals surface area contributed by atoms with Gasteiger partial charge in [-0.05, 0) is 23.5 Å². The number of aliphatic carboxylic acids is 1. The molecule has 0 spiro atoms. The first-order valence-corrected chi connectivity index (χ1v) is 5.12. The van der Waals surface area contributed by atoms with Crippen LogP contribution in [0.5, 0.6) is 0 Å². The van der Waals surface area contributed by atoms with Crippen molar-refractivity contribution >= 4 is 5.97 Å². The van der Waals surface area contributed by atoms with Crippen LogP contribution in [0.25, 0.3) is 0 Å². The van der Waals surface area contributed by atoms with Crippen LogP contribution in [0.4, 0.5) is 0 Å². The molecular weight excluding hydrogens is 204 g/mol. The molecule has 0 aliphatic rings. The highest BCUT2D eigenvalue weighted by atomic mass is 16.4. The molecule has 0 aliphatic heterocycles. The second-order valence-corrected chi connectivity index (χ2v) is 4.04. The van der Waals surface area contributed by atoms with E-state index >= 15 is 0 Å². The van der Waals surface area contributed by atoms with E-state index in [1.165, 1.54) is 0 Å². The lowest BCUT2D eigenvalue weighted by atomic mass is 9.86. The zero-order valence-corrected chi connectivity index (χ0v) is 9.34. The van der Waals surface area contributed by atoms with Crippen molar-refractivity contribution in [1.29, 1.82) is 5.26 Å². The number of carboxylic acid groups (broad SMARTS) is 1. The van der Waals surface area contributed by atoms with Gasteiger partial charge >= 0.3 is 5.97 Å². The van der Waals surface area contributed by atoms with Gasteiger partial charge in [0.05, 0.1) is 6.42 Å². The summed E-state index contributed by atoms with van der Waals surface area (Å²) in [5.74, 6) is -0.647. The largest absolute Gasteiger partial charge is 0.481 e. The normalized spacial score (nSPS) is 12.1. The Bertz CT molecular complexity index is 404. The van der Waals surface area contributed by atoms with Gasteiger partial charge in [-0.25, -0.2) is 4.98 Å². The molecule has 16 heavy (non-hydrogen) atoms. The van der Waals surface area contributed by atoms with E-state index in [1.807, 2.05) is 19.9 Å². The molecule has 0 radical (unpaired) electrons. The van der Waals surface area contributed by atoms with Crippen LogP contribution in [0.2, 0.25) is 0 Å². The number of pyridine rings is 1. The minimum absolute atomic E-state index is 0.0576. The monoisotopic (exact) mass is 218 g/mol. The van der Waals surface area contributed by atoms with Crippen molar-refractivity contribution in [3.05, 3.63) is 29.6 Å². The number of carbonyl (C=O) groups is 1. The molecule has 4 nitrogen and oxygen atoms in total. The first kappa shape index (κ1) is 12.2. The molecule has 1 aromatic heterocycles. The van der Waals surface area contributed by atoms with Crippen LogP contribution in [0.3, 0.4) is 0 Å². The average Bonchev–Trinajstić information content (AvgIpc) is 2.25. The highest BCUT2D eigenvalue weighted by Gasteiger charge is 2.19. The highest BCUT2D eigenvalue weighted by Crippen LogP contribution is 2.27. The Hall–Kier alpha value is -1.89. The van der Waals surface area contributed by atoms with Crippen molar-refractivity contribution in [3.8, 4) is 6.07 Å². The average molecular weight is 218 g/mol. The maximum absolute atomic E-state index is 10.7. The smallest absolute Gasteiger partial charge is 0.303 e. The molecule has 0 amide bonds. The summed E-state index contributed by atoms with van der Waals surface area (Å²) in [6.07, 6.45) is 1.68. The van der Waals surface area contributed by atoms with Crippen molar-refractivity contribution in [2.24, 2.45) is 5.92 Å². The Morgan fingerprint density at radius 3 is 2.62 bits per heavy atom. The van der Waals surface area contributed by atoms with Crippen LogP contribution >= 0.6 is 0 Å². The zero-order chi connectivity index (χ0) is 12.1. The number of aromatic nitrogens is 1. The molecule has 4 heteroatoms. The number of carboxylic acids is 1. The lowest BCUT2D eigenvalue weighted by molar-refractivity contribution is -0.137. The fraction of sp³-hybridized carbons (Fsp3) is 0.417. The third kappa shape index (κ3) is 3.06. The maximum Gasteiger partial charge on any atom is 0.303 e. The number of hydrogen-bond donors (Lipinski definition) is 1. The van der Waals surface area contributed by atoms with Crippen LogP contribution in [-0.2, 0) is 4.79 Å². The second-order valence-electron chi connectivity index (χ2n) is 4.04. The van der Waals surface area contributed by atoms with Crippen LogP contribution in [-0.4, -0.2) is 16.1 Å². The summed E-state index contributed by atoms with van der Waals surface area (Å²) < 4.78 is 0. The molecular formula is C12H14N2O2. The molecule has 84 valence electrons. The van der Waals surface area contributed by atoms with E-state index in [-0.39, 0.29) is 18.3 Å². The topological polar surface area (TPSA) is 74.0 Å². The van der Waals surface area contributed by atoms with Gasteiger partial charge in [0.2, 0.25) is 0 Å². The van der Waals surface area contributed by atoms with Gasteiger partial charge in [-0.1, -0.05) is 19.9 Å². The van der Waals surface area contributed by atoms with Gasteiger partial charge in [0.1, 0.15) is 11.8 Å². The predicted molar refractivity (Wildman–Crippen MR) is 58.8 cm³/mol. The van der Waals surface area contributed by atoms with E-state index in [4.69, 9.17) is 10.4 Å². The Morgan fingerprint density at radius 2 is 2.25 bits per heavy atom. The summed E-state index contributed by atoms with van der Waals surface area (Å²) in [7, 11) is 0. The van der Waals surface area contributed by atoms with Crippen LogP contribution in [0, 0.1) is 17.2 Å². The van der Waals surface area contributed by atoms with Crippen molar-refractivity contribution in [2.45, 2.75) is 26.2 Å². The zero-order valence-electron chi connectivity index (χ0n) is 9.34. The molecule has 1 rings (SSSR count). The molecule has 0 aromatic carbocycles. The maximum atomic E-state index is 10.7. The van der Waals surface area contributed by atoms with E-state index in [0.717, 1.165) is 5.56 Å². The number of nitriles is 1. The fourth-order valence-electron chi connectivity index (χ4n) is 1.62. The fourth-order valence-corrected chi connectivity index (χ4v) is 1.62. The molecule has 1 aromatic rings. The summed E-state index contributed by atoms with van der Waals surface area (Å²) >= 11 is 0. The quantitative estimate of drug-likeness (QED) is 0.840. The Balaban J connectivity index is 2.93. The van der Waals surface area contributed by atoms with E-state index in [0.29, 0.717) is 5.69 Å². The summed E-state index contributed by atoms with van der Waals surface area (Å²) in [5, 5.41) is 17.4. The Morgan fingerprint density at radius 1 is 1.56 bits per heavy atom. The molecule has 0 aliphatic carbocycles. The number of rotatable bonds is 4. The molecule has 1 heterocycles. The van der Waals surface area contributed by atoms with Crippen LogP contribution in [0.15, 0.2) is 18.3 Å². The first-order chi connectivity index (χ1) is 7.54. The molecule has 0 saturated heterocycles. The lowest BCUT2D eigenvalue weighted by Crippen LogP contribution is -2.12. The standard InChI is InChI=1S/C12H14N2O2/c1-8(2)11(5-12(15)16)9-3-4-10(6-13)14-7-9/h3-4,7-8,11H,5H2,1-2H3,(H,15,16). The molecule has 1 N–H and O–H groups in total. The molecule has 0 fully saturated rings. The number of nitrogens with zero attached hydrogens (tertiary/aromatic N) is 2. The van der Waals surface area contributed by atoms with Crippen LogP contribution < -0.4 is 0 Å². The summed E-state index contributed by atoms with van der Waals surface area (Å²) in [6, 6.07) is 5.33. The summed E-state index contributed by atoms with van der Waals surface area (Å²) in [4.78, 5) is 14.7. The van der Waals surface area contributed by atoms with Gasteiger partial charge in [0.15, 0.2) is 0 Å². The lowest BCUT2D eigenvalue weighted by Gasteiger charge is -2.18. The summed E-state index contributed by atoms with van der Waals surface area (Å²) in [5.41, 5.74) is 1.22. The molecule has 1 unspecified atom stereocenters. The first-order valence-electron chi connectivity index (χ1n) is 5.12. The second kappa shape index (κ2) is 5.26. The van der Waals surface area contributed by atoms with Gasteiger partial charge in [-0.3, -0.25) is 4.79 Å². The molecule has 0 bridgehead atoms. The van der Waals surface area contributed by atoms with Crippen molar-refractivity contribution in [1.82, 2.24) is 4.98 Å². The van der Waals surface area contributed by atoms with Crippen molar-refractivity contribution < 1.29 is 9.90 Å². The third-order valence-electron chi connectivity index (χ3n) is 2.53. The van der Waals surface area contributed by atoms with Gasteiger partial charge in [-0.2, -0.15) is 5.26 Å². The van der Waals surface area contributed by atoms with E-state index < -0.39 is 5.97 Å². The third-order valence-corrected chi connectivity index (χ3v) is 2.53. The Labute approximate surface area is 94.6 Å². The molecule has 0 saturated carbocycles. The van der Waals surface area contributed by atoms with Gasteiger partial charge < -0.3 is 5.11 Å². The van der Waals surface area contributed by atoms with Gasteiger partial charge in [-0.15, -0.1) is 0 Å². The highest BCUT2D eigenvalue weighted by molar-refractivity contribution is 5.68. The van der Waals surface area contributed by atoms with Crippen LogP contribution in [0.1, 0.15) is 37.4 Å². The minimum atomic E-state index is -0.817. The van der Waals surface area contributed by atoms with E-state index in [2.05, 4.69) is 4.98 Å². The molecule has 1 atom stereocenters. The van der Waals surface area contributed by atoms with Gasteiger partial charge in [0, 0.05) is 6.20 Å². The Kier molecular flexibility index (Phi) is 4.01. The van der Waals surface area contributed by atoms with Crippen molar-refractivity contribution in [2.75, 3.05) is 0 Å².